The number of aromatic amines is 1. The fourth-order valence-corrected chi connectivity index (χ4v) is 2.09. The highest BCUT2D eigenvalue weighted by Crippen LogP contribution is 2.18. The molecule has 102 valence electrons. The molecule has 3 aromatic rings. The van der Waals surface area contributed by atoms with E-state index < -0.39 is 0 Å². The van der Waals surface area contributed by atoms with Gasteiger partial charge in [-0.1, -0.05) is 0 Å². The Balaban J connectivity index is 1.65. The molecule has 0 atom stereocenters. The van der Waals surface area contributed by atoms with Crippen molar-refractivity contribution in [1.82, 2.24) is 15.3 Å². The summed E-state index contributed by atoms with van der Waals surface area (Å²) in [5, 5.41) is 3.79. The first-order valence-corrected chi connectivity index (χ1v) is 6.27. The Morgan fingerprint density at radius 1 is 1.50 bits per heavy atom. The quantitative estimate of drug-likeness (QED) is 0.672. The molecule has 0 unspecified atom stereocenters. The molecule has 0 radical (unpaired) electrons. The van der Waals surface area contributed by atoms with E-state index in [0.29, 0.717) is 24.4 Å². The van der Waals surface area contributed by atoms with Crippen LogP contribution in [0.15, 0.2) is 41.3 Å². The zero-order valence-corrected chi connectivity index (χ0v) is 10.7. The molecule has 0 saturated heterocycles. The van der Waals surface area contributed by atoms with Crippen LogP contribution in [-0.4, -0.2) is 22.4 Å². The van der Waals surface area contributed by atoms with Gasteiger partial charge in [0.1, 0.15) is 5.65 Å². The minimum atomic E-state index is -0.215. The highest BCUT2D eigenvalue weighted by atomic mass is 16.3. The second-order valence-corrected chi connectivity index (χ2v) is 4.46. The third-order valence-electron chi connectivity index (χ3n) is 3.06. The number of nitrogen functional groups attached to an aromatic ring is 1. The summed E-state index contributed by atoms with van der Waals surface area (Å²) < 4.78 is 5.02. The highest BCUT2D eigenvalue weighted by molar-refractivity contribution is 5.91. The van der Waals surface area contributed by atoms with E-state index in [9.17, 15) is 4.79 Å². The summed E-state index contributed by atoms with van der Waals surface area (Å²) in [5.41, 5.74) is 8.22. The molecule has 0 fully saturated rings. The van der Waals surface area contributed by atoms with Crippen LogP contribution in [0.4, 0.5) is 5.69 Å². The summed E-state index contributed by atoms with van der Waals surface area (Å²) in [5.74, 6) is 0.0994. The number of anilines is 1. The van der Waals surface area contributed by atoms with Gasteiger partial charge in [0.15, 0.2) is 5.76 Å². The summed E-state index contributed by atoms with van der Waals surface area (Å²) in [7, 11) is 0. The Bertz CT molecular complexity index is 731. The number of pyridine rings is 1. The maximum Gasteiger partial charge on any atom is 0.286 e. The van der Waals surface area contributed by atoms with Crippen LogP contribution < -0.4 is 11.1 Å². The van der Waals surface area contributed by atoms with Gasteiger partial charge in [-0.25, -0.2) is 4.98 Å². The van der Waals surface area contributed by atoms with E-state index >= 15 is 0 Å². The number of aromatic nitrogens is 2. The molecule has 6 heteroatoms. The first-order valence-electron chi connectivity index (χ1n) is 6.27. The third-order valence-corrected chi connectivity index (χ3v) is 3.06. The van der Waals surface area contributed by atoms with Crippen LogP contribution in [0.1, 0.15) is 16.1 Å². The van der Waals surface area contributed by atoms with Crippen LogP contribution in [0, 0.1) is 0 Å². The molecule has 20 heavy (non-hydrogen) atoms. The Labute approximate surface area is 115 Å². The lowest BCUT2D eigenvalue weighted by molar-refractivity contribution is 0.0926. The van der Waals surface area contributed by atoms with Crippen molar-refractivity contribution in [3.05, 3.63) is 48.2 Å². The molecular weight excluding hydrogens is 256 g/mol. The molecular formula is C14H14N4O2. The van der Waals surface area contributed by atoms with Gasteiger partial charge < -0.3 is 20.5 Å². The Morgan fingerprint density at radius 3 is 3.20 bits per heavy atom. The van der Waals surface area contributed by atoms with Crippen LogP contribution in [-0.2, 0) is 6.42 Å². The minimum absolute atomic E-state index is 0.215. The summed E-state index contributed by atoms with van der Waals surface area (Å²) in [4.78, 5) is 19.0. The van der Waals surface area contributed by atoms with Crippen molar-refractivity contribution < 1.29 is 9.21 Å². The van der Waals surface area contributed by atoms with Gasteiger partial charge in [-0.3, -0.25) is 4.79 Å². The van der Waals surface area contributed by atoms with E-state index in [1.807, 2.05) is 12.3 Å². The van der Waals surface area contributed by atoms with Crippen molar-refractivity contribution in [1.29, 1.82) is 0 Å². The van der Waals surface area contributed by atoms with Gasteiger partial charge in [0, 0.05) is 18.1 Å². The van der Waals surface area contributed by atoms with Crippen molar-refractivity contribution >= 4 is 22.6 Å². The van der Waals surface area contributed by atoms with E-state index in [4.69, 9.17) is 10.2 Å². The Morgan fingerprint density at radius 2 is 2.40 bits per heavy atom. The molecule has 3 rings (SSSR count). The van der Waals surface area contributed by atoms with Crippen LogP contribution in [0.3, 0.4) is 0 Å². The topological polar surface area (TPSA) is 96.9 Å². The van der Waals surface area contributed by atoms with Crippen LogP contribution in [0.2, 0.25) is 0 Å². The lowest BCUT2D eigenvalue weighted by Crippen LogP contribution is -2.25. The molecule has 0 aromatic carbocycles. The SMILES string of the molecule is Nc1cnc2[nH]cc(CCNC(=O)c3ccco3)c2c1. The highest BCUT2D eigenvalue weighted by Gasteiger charge is 2.09. The molecule has 0 saturated carbocycles. The lowest BCUT2D eigenvalue weighted by atomic mass is 10.1. The van der Waals surface area contributed by atoms with Gasteiger partial charge in [0.05, 0.1) is 18.1 Å². The van der Waals surface area contributed by atoms with Gasteiger partial charge in [-0.2, -0.15) is 0 Å². The number of fused-ring (bicyclic) bond motifs is 1. The van der Waals surface area contributed by atoms with E-state index in [0.717, 1.165) is 16.6 Å². The standard InChI is InChI=1S/C14H14N4O2/c15-10-6-11-9(7-17-13(11)18-8-10)3-4-16-14(19)12-2-1-5-20-12/h1-2,5-8H,3-4,15H2,(H,16,19)(H,17,18). The van der Waals surface area contributed by atoms with Crippen LogP contribution >= 0.6 is 0 Å². The molecule has 1 amide bonds. The summed E-state index contributed by atoms with van der Waals surface area (Å²) in [6, 6.07) is 5.19. The number of nitrogens with two attached hydrogens (primary N) is 1. The fourth-order valence-electron chi connectivity index (χ4n) is 2.09. The van der Waals surface area contributed by atoms with Crippen molar-refractivity contribution in [2.24, 2.45) is 0 Å². The summed E-state index contributed by atoms with van der Waals surface area (Å²) >= 11 is 0. The molecule has 0 aliphatic carbocycles. The van der Waals surface area contributed by atoms with Crippen molar-refractivity contribution in [3.8, 4) is 0 Å². The third kappa shape index (κ3) is 2.35. The van der Waals surface area contributed by atoms with E-state index in [1.54, 1.807) is 18.3 Å². The number of amides is 1. The summed E-state index contributed by atoms with van der Waals surface area (Å²) in [6.07, 6.45) is 5.66. The number of carbonyl (C=O) groups excluding carboxylic acids is 1. The summed E-state index contributed by atoms with van der Waals surface area (Å²) in [6.45, 7) is 0.515. The Hall–Kier alpha value is -2.76. The van der Waals surface area contributed by atoms with Gasteiger partial charge in [-0.05, 0) is 30.2 Å². The normalized spacial score (nSPS) is 10.8. The van der Waals surface area contributed by atoms with Crippen LogP contribution in [0.25, 0.3) is 11.0 Å². The molecule has 0 aliphatic heterocycles. The molecule has 0 spiro atoms. The number of nitrogens with zero attached hydrogens (tertiary/aromatic N) is 1. The van der Waals surface area contributed by atoms with Gasteiger partial charge in [-0.15, -0.1) is 0 Å². The van der Waals surface area contributed by atoms with Crippen LogP contribution in [0.5, 0.6) is 0 Å². The monoisotopic (exact) mass is 270 g/mol. The molecule has 0 bridgehead atoms. The average Bonchev–Trinajstić information content (AvgIpc) is 3.08. The first kappa shape index (κ1) is 12.3. The smallest absolute Gasteiger partial charge is 0.286 e. The van der Waals surface area contributed by atoms with E-state index in [2.05, 4.69) is 15.3 Å². The average molecular weight is 270 g/mol. The maximum absolute atomic E-state index is 11.7. The molecule has 0 aliphatic rings. The number of hydrogen-bond acceptors (Lipinski definition) is 4. The molecule has 3 aromatic heterocycles. The second kappa shape index (κ2) is 5.08. The zero-order valence-electron chi connectivity index (χ0n) is 10.7. The lowest BCUT2D eigenvalue weighted by Gasteiger charge is -2.02. The van der Waals surface area contributed by atoms with Crippen molar-refractivity contribution in [2.75, 3.05) is 12.3 Å². The number of furan rings is 1. The fraction of sp³-hybridized carbons (Fsp3) is 0.143. The number of carbonyl (C=O) groups is 1. The van der Waals surface area contributed by atoms with E-state index in [-0.39, 0.29) is 5.91 Å². The Kier molecular flexibility index (Phi) is 3.12. The predicted octanol–water partition coefficient (Wildman–Crippen LogP) is 1.71. The maximum atomic E-state index is 11.7. The van der Waals surface area contributed by atoms with Crippen molar-refractivity contribution in [3.63, 3.8) is 0 Å². The van der Waals surface area contributed by atoms with Gasteiger partial charge in [0.25, 0.3) is 5.91 Å². The second-order valence-electron chi connectivity index (χ2n) is 4.46. The first-order chi connectivity index (χ1) is 9.74. The van der Waals surface area contributed by atoms with Crippen molar-refractivity contribution in [2.45, 2.75) is 6.42 Å². The van der Waals surface area contributed by atoms with Gasteiger partial charge >= 0.3 is 0 Å². The number of rotatable bonds is 4. The molecule has 3 heterocycles. The molecule has 6 nitrogen and oxygen atoms in total. The number of nitrogens with one attached hydrogen (secondary N) is 2. The predicted molar refractivity (Wildman–Crippen MR) is 75.3 cm³/mol. The molecule has 4 N–H and O–H groups in total. The largest absolute Gasteiger partial charge is 0.459 e. The van der Waals surface area contributed by atoms with Gasteiger partial charge in [0.2, 0.25) is 0 Å². The van der Waals surface area contributed by atoms with E-state index in [1.165, 1.54) is 6.26 Å². The number of hydrogen-bond donors (Lipinski definition) is 3. The zero-order chi connectivity index (χ0) is 13.9. The minimum Gasteiger partial charge on any atom is -0.459 e. The number of H-pyrrole nitrogens is 1.